The van der Waals surface area contributed by atoms with Gasteiger partial charge in [0, 0.05) is 17.7 Å². The molecule has 0 unspecified atom stereocenters. The maximum Gasteiger partial charge on any atom is 0.244 e. The van der Waals surface area contributed by atoms with Gasteiger partial charge in [0.1, 0.15) is 5.82 Å². The van der Waals surface area contributed by atoms with E-state index in [1.165, 1.54) is 56.7 Å². The average molecular weight is 362 g/mol. The van der Waals surface area contributed by atoms with E-state index in [0.717, 1.165) is 17.8 Å². The number of amides is 1. The van der Waals surface area contributed by atoms with Gasteiger partial charge in [-0.15, -0.1) is 0 Å². The topological polar surface area (TPSA) is 29.1 Å². The summed E-state index contributed by atoms with van der Waals surface area (Å²) in [5.74, 6) is 2.00. The van der Waals surface area contributed by atoms with Crippen molar-refractivity contribution in [2.45, 2.75) is 51.5 Å². The van der Waals surface area contributed by atoms with Crippen LogP contribution in [-0.4, -0.2) is 11.9 Å². The SMILES string of the molecule is C[C@@H](NC(=O)/C=C/c1c(F)cccc1Cl)C12CC3CC(CC(C3)C1)C2. The van der Waals surface area contributed by atoms with Crippen LogP contribution in [0, 0.1) is 29.0 Å². The minimum atomic E-state index is -0.411. The number of carbonyl (C=O) groups excluding carboxylic acids is 1. The van der Waals surface area contributed by atoms with E-state index in [1.54, 1.807) is 12.1 Å². The molecule has 0 heterocycles. The summed E-state index contributed by atoms with van der Waals surface area (Å²) in [6, 6.07) is 4.69. The standard InChI is InChI=1S/C21H25ClFNO/c1-13(21-10-14-7-15(11-21)9-16(8-14)12-21)24-20(25)6-5-17-18(22)3-2-4-19(17)23/h2-6,13-16H,7-12H2,1H3,(H,24,25)/b6-5+/t13-,14?,15?,16?,21?/m1/s1. The zero-order valence-electron chi connectivity index (χ0n) is 14.6. The van der Waals surface area contributed by atoms with Crippen LogP contribution in [0.25, 0.3) is 6.08 Å². The van der Waals surface area contributed by atoms with Crippen LogP contribution < -0.4 is 5.32 Å². The number of hydrogen-bond donors (Lipinski definition) is 1. The molecule has 134 valence electrons. The van der Waals surface area contributed by atoms with Crippen molar-refractivity contribution in [3.8, 4) is 0 Å². The Balaban J connectivity index is 1.43. The molecule has 4 bridgehead atoms. The predicted octanol–water partition coefficient (Wildman–Crippen LogP) is 5.21. The molecule has 1 aromatic carbocycles. The Kier molecular flexibility index (Phi) is 4.39. The molecule has 25 heavy (non-hydrogen) atoms. The van der Waals surface area contributed by atoms with Gasteiger partial charge >= 0.3 is 0 Å². The fourth-order valence-corrected chi connectivity index (χ4v) is 6.18. The quantitative estimate of drug-likeness (QED) is 0.732. The summed E-state index contributed by atoms with van der Waals surface area (Å²) in [4.78, 5) is 12.4. The van der Waals surface area contributed by atoms with Gasteiger partial charge in [-0.25, -0.2) is 4.39 Å². The number of carbonyl (C=O) groups is 1. The molecule has 4 saturated carbocycles. The van der Waals surface area contributed by atoms with E-state index in [-0.39, 0.29) is 22.9 Å². The van der Waals surface area contributed by atoms with Gasteiger partial charge in [-0.3, -0.25) is 4.79 Å². The molecule has 4 heteroatoms. The van der Waals surface area contributed by atoms with Crippen molar-refractivity contribution in [2.75, 3.05) is 0 Å². The fourth-order valence-electron chi connectivity index (χ4n) is 5.95. The van der Waals surface area contributed by atoms with Gasteiger partial charge in [-0.2, -0.15) is 0 Å². The molecular weight excluding hydrogens is 337 g/mol. The van der Waals surface area contributed by atoms with Crippen molar-refractivity contribution in [1.82, 2.24) is 5.32 Å². The minimum Gasteiger partial charge on any atom is -0.350 e. The van der Waals surface area contributed by atoms with Crippen LogP contribution in [0.5, 0.6) is 0 Å². The molecule has 1 atom stereocenters. The van der Waals surface area contributed by atoms with Gasteiger partial charge in [0.2, 0.25) is 5.91 Å². The third kappa shape index (κ3) is 3.23. The lowest BCUT2D eigenvalue weighted by atomic mass is 9.48. The minimum absolute atomic E-state index is 0.161. The van der Waals surface area contributed by atoms with Crippen LogP contribution >= 0.6 is 11.6 Å². The van der Waals surface area contributed by atoms with Crippen LogP contribution in [0.2, 0.25) is 5.02 Å². The smallest absolute Gasteiger partial charge is 0.244 e. The molecule has 4 aliphatic carbocycles. The summed E-state index contributed by atoms with van der Waals surface area (Å²) in [7, 11) is 0. The second kappa shape index (κ2) is 6.42. The fraction of sp³-hybridized carbons (Fsp3) is 0.571. The van der Waals surface area contributed by atoms with E-state index >= 15 is 0 Å². The number of benzene rings is 1. The molecule has 4 aliphatic rings. The summed E-state index contributed by atoms with van der Waals surface area (Å²) in [5, 5.41) is 3.47. The van der Waals surface area contributed by atoms with Crippen LogP contribution in [0.4, 0.5) is 4.39 Å². The maximum absolute atomic E-state index is 13.8. The summed E-state index contributed by atoms with van der Waals surface area (Å²) >= 11 is 6.01. The lowest BCUT2D eigenvalue weighted by Gasteiger charge is -2.59. The second-order valence-corrected chi connectivity index (χ2v) is 8.89. The Morgan fingerprint density at radius 2 is 1.84 bits per heavy atom. The molecule has 1 amide bonds. The molecular formula is C21H25ClFNO. The average Bonchev–Trinajstić information content (AvgIpc) is 2.53. The largest absolute Gasteiger partial charge is 0.350 e. The molecule has 0 radical (unpaired) electrons. The molecule has 0 aliphatic heterocycles. The highest BCUT2D eigenvalue weighted by atomic mass is 35.5. The second-order valence-electron chi connectivity index (χ2n) is 8.48. The summed E-state index contributed by atoms with van der Waals surface area (Å²) in [6.45, 7) is 2.15. The molecule has 2 nitrogen and oxygen atoms in total. The van der Waals surface area contributed by atoms with Crippen molar-refractivity contribution >= 4 is 23.6 Å². The third-order valence-corrected chi connectivity index (χ3v) is 7.09. The maximum atomic E-state index is 13.8. The molecule has 0 aromatic heterocycles. The van der Waals surface area contributed by atoms with Gasteiger partial charge in [-0.05, 0) is 86.8 Å². The molecule has 1 aromatic rings. The van der Waals surface area contributed by atoms with Gasteiger partial charge in [0.15, 0.2) is 0 Å². The van der Waals surface area contributed by atoms with Crippen LogP contribution in [0.3, 0.4) is 0 Å². The van der Waals surface area contributed by atoms with E-state index in [4.69, 9.17) is 11.6 Å². The highest BCUT2D eigenvalue weighted by Gasteiger charge is 2.53. The Hall–Kier alpha value is -1.35. The first kappa shape index (κ1) is 17.1. The summed E-state index contributed by atoms with van der Waals surface area (Å²) in [6.07, 6.45) is 10.8. The van der Waals surface area contributed by atoms with E-state index in [1.807, 2.05) is 0 Å². The number of hydrogen-bond acceptors (Lipinski definition) is 1. The van der Waals surface area contributed by atoms with Crippen molar-refractivity contribution < 1.29 is 9.18 Å². The molecule has 0 spiro atoms. The molecule has 4 fully saturated rings. The van der Waals surface area contributed by atoms with Crippen molar-refractivity contribution in [1.29, 1.82) is 0 Å². The Bertz CT molecular complexity index is 658. The van der Waals surface area contributed by atoms with E-state index < -0.39 is 5.82 Å². The number of nitrogens with one attached hydrogen (secondary N) is 1. The molecule has 5 rings (SSSR count). The first-order valence-electron chi connectivity index (χ1n) is 9.38. The lowest BCUT2D eigenvalue weighted by Crippen LogP contribution is -2.55. The van der Waals surface area contributed by atoms with Gasteiger partial charge in [0.05, 0.1) is 5.02 Å². The summed E-state index contributed by atoms with van der Waals surface area (Å²) in [5.41, 5.74) is 0.537. The van der Waals surface area contributed by atoms with Gasteiger partial charge in [-0.1, -0.05) is 17.7 Å². The predicted molar refractivity (Wildman–Crippen MR) is 98.7 cm³/mol. The van der Waals surface area contributed by atoms with E-state index in [0.29, 0.717) is 5.02 Å². The van der Waals surface area contributed by atoms with Crippen LogP contribution in [-0.2, 0) is 4.79 Å². The number of rotatable bonds is 4. The van der Waals surface area contributed by atoms with E-state index in [9.17, 15) is 9.18 Å². The highest BCUT2D eigenvalue weighted by molar-refractivity contribution is 6.32. The van der Waals surface area contributed by atoms with Gasteiger partial charge in [0.25, 0.3) is 0 Å². The third-order valence-electron chi connectivity index (χ3n) is 6.76. The highest BCUT2D eigenvalue weighted by Crippen LogP contribution is 2.61. The van der Waals surface area contributed by atoms with Crippen molar-refractivity contribution in [3.63, 3.8) is 0 Å². The Labute approximate surface area is 153 Å². The lowest BCUT2D eigenvalue weighted by molar-refractivity contribution is -0.121. The van der Waals surface area contributed by atoms with E-state index in [2.05, 4.69) is 12.2 Å². The molecule has 0 saturated heterocycles. The Morgan fingerprint density at radius 1 is 1.24 bits per heavy atom. The summed E-state index contributed by atoms with van der Waals surface area (Å²) < 4.78 is 13.8. The number of halogens is 2. The monoisotopic (exact) mass is 361 g/mol. The normalized spacial score (nSPS) is 34.4. The zero-order chi connectivity index (χ0) is 17.6. The zero-order valence-corrected chi connectivity index (χ0v) is 15.4. The van der Waals surface area contributed by atoms with Crippen LogP contribution in [0.1, 0.15) is 51.0 Å². The Morgan fingerprint density at radius 3 is 2.40 bits per heavy atom. The molecule has 1 N–H and O–H groups in total. The van der Waals surface area contributed by atoms with Crippen LogP contribution in [0.15, 0.2) is 24.3 Å². The first-order valence-corrected chi connectivity index (χ1v) is 9.75. The van der Waals surface area contributed by atoms with Crippen molar-refractivity contribution in [3.05, 3.63) is 40.7 Å². The van der Waals surface area contributed by atoms with Gasteiger partial charge < -0.3 is 5.32 Å². The first-order chi connectivity index (χ1) is 11.9. The van der Waals surface area contributed by atoms with Crippen molar-refractivity contribution in [2.24, 2.45) is 23.2 Å².